The van der Waals surface area contributed by atoms with Crippen LogP contribution in [0.3, 0.4) is 0 Å². The monoisotopic (exact) mass is 811 g/mol. The summed E-state index contributed by atoms with van der Waals surface area (Å²) in [5.41, 5.74) is 8.87. The first-order valence-electron chi connectivity index (χ1n) is 23.7. The number of furan rings is 1. The molecule has 13 aromatic rings. The summed E-state index contributed by atoms with van der Waals surface area (Å²) in [4.78, 5) is 16.0. The molecule has 0 radical (unpaired) electrons. The Morgan fingerprint density at radius 2 is 1.02 bits per heavy atom. The number of aromatic nitrogens is 5. The summed E-state index contributed by atoms with van der Waals surface area (Å²) >= 11 is 0. The van der Waals surface area contributed by atoms with Gasteiger partial charge in [0.05, 0.1) is 36.0 Å². The van der Waals surface area contributed by atoms with Crippen LogP contribution in [0.25, 0.3) is 122 Å². The van der Waals surface area contributed by atoms with Crippen LogP contribution in [0.5, 0.6) is 0 Å². The van der Waals surface area contributed by atoms with E-state index in [1.807, 2.05) is 133 Å². The zero-order valence-corrected chi connectivity index (χ0v) is 33.4. The number of benzene rings is 9. The van der Waals surface area contributed by atoms with Crippen molar-refractivity contribution in [3.63, 3.8) is 0 Å². The topological polar surface area (TPSA) is 61.7 Å². The van der Waals surface area contributed by atoms with E-state index in [2.05, 4.69) is 34.9 Å². The zero-order chi connectivity index (χ0) is 46.7. The lowest BCUT2D eigenvalue weighted by Crippen LogP contribution is -2.05. The van der Waals surface area contributed by atoms with Crippen molar-refractivity contribution in [1.29, 1.82) is 0 Å². The summed E-state index contributed by atoms with van der Waals surface area (Å²) in [6.45, 7) is 0. The van der Waals surface area contributed by atoms with Crippen LogP contribution < -0.4 is 0 Å². The Bertz CT molecular complexity index is 4210. The molecule has 0 saturated heterocycles. The molecular formula is C57H35N5O. The second kappa shape index (κ2) is 14.0. The van der Waals surface area contributed by atoms with E-state index >= 15 is 0 Å². The number of hydrogen-bond donors (Lipinski definition) is 0. The van der Waals surface area contributed by atoms with Gasteiger partial charge in [0.2, 0.25) is 0 Å². The van der Waals surface area contributed by atoms with Crippen molar-refractivity contribution in [2.75, 3.05) is 0 Å². The van der Waals surface area contributed by atoms with Crippen LogP contribution in [0.1, 0.15) is 8.22 Å². The highest BCUT2D eigenvalue weighted by Crippen LogP contribution is 2.42. The summed E-state index contributed by atoms with van der Waals surface area (Å²) in [6, 6.07) is 55.9. The number of hydrogen-bond acceptors (Lipinski definition) is 4. The van der Waals surface area contributed by atoms with E-state index in [1.165, 1.54) is 12.1 Å². The highest BCUT2D eigenvalue weighted by atomic mass is 16.3. The number of nitrogens with zero attached hydrogens (tertiary/aromatic N) is 5. The molecule has 13 rings (SSSR count). The summed E-state index contributed by atoms with van der Waals surface area (Å²) < 4.78 is 65.0. The largest absolute Gasteiger partial charge is 0.455 e. The number of rotatable bonds is 6. The summed E-state index contributed by atoms with van der Waals surface area (Å²) in [5, 5.41) is 4.33. The smallest absolute Gasteiger partial charge is 0.166 e. The van der Waals surface area contributed by atoms with Crippen molar-refractivity contribution in [3.8, 4) is 56.7 Å². The van der Waals surface area contributed by atoms with Gasteiger partial charge < -0.3 is 13.6 Å². The van der Waals surface area contributed by atoms with Gasteiger partial charge in [-0.15, -0.1) is 0 Å². The fourth-order valence-electron chi connectivity index (χ4n) is 9.18. The standard InChI is InChI=1S/C57H35N5O/c1-3-17-36(18-4-1)55-58-56(46-28-16-26-44-42-23-9-11-29-48(42)61(53(44)46)38-19-5-2-6-20-38)60-57(59-55)47-35-37(39-25-15-27-45-43-24-10-14-32-52(43)63-54(39)45)33-34-51(47)62-49-30-12-7-21-40(49)41-22-8-13-31-50(41)62/h1-35H/i7D,8D,21D,22D,30D,31D. The lowest BCUT2D eigenvalue weighted by atomic mass is 9.98. The Hall–Kier alpha value is -8.61. The van der Waals surface area contributed by atoms with Crippen molar-refractivity contribution < 1.29 is 12.6 Å². The van der Waals surface area contributed by atoms with E-state index in [1.54, 1.807) is 4.57 Å². The molecule has 0 bridgehead atoms. The molecule has 0 N–H and O–H groups in total. The fourth-order valence-corrected chi connectivity index (χ4v) is 9.18. The van der Waals surface area contributed by atoms with E-state index in [0.717, 1.165) is 66.1 Å². The average Bonchev–Trinajstić information content (AvgIpc) is 4.07. The first kappa shape index (κ1) is 29.6. The van der Waals surface area contributed by atoms with Gasteiger partial charge in [-0.2, -0.15) is 0 Å². The third-order valence-corrected chi connectivity index (χ3v) is 11.9. The van der Waals surface area contributed by atoms with Crippen LogP contribution in [0.15, 0.2) is 217 Å². The lowest BCUT2D eigenvalue weighted by molar-refractivity contribution is 0.670. The van der Waals surface area contributed by atoms with E-state index < -0.39 is 0 Å². The third kappa shape index (κ3) is 5.48. The minimum atomic E-state index is -0.200. The molecule has 6 nitrogen and oxygen atoms in total. The van der Waals surface area contributed by atoms with Crippen molar-refractivity contribution in [2.45, 2.75) is 0 Å². The Kier molecular flexibility index (Phi) is 6.56. The molecule has 0 atom stereocenters. The number of para-hydroxylation sites is 7. The molecule has 0 unspecified atom stereocenters. The van der Waals surface area contributed by atoms with Gasteiger partial charge in [-0.25, -0.2) is 15.0 Å². The maximum absolute atomic E-state index is 9.37. The molecule has 0 aliphatic heterocycles. The Balaban J connectivity index is 1.17. The molecule has 0 fully saturated rings. The van der Waals surface area contributed by atoms with Crippen LogP contribution in [-0.2, 0) is 0 Å². The van der Waals surface area contributed by atoms with Crippen molar-refractivity contribution in [3.05, 3.63) is 212 Å². The van der Waals surface area contributed by atoms with E-state index in [-0.39, 0.29) is 63.9 Å². The molecule has 4 aromatic heterocycles. The van der Waals surface area contributed by atoms with Crippen LogP contribution in [-0.4, -0.2) is 24.1 Å². The highest BCUT2D eigenvalue weighted by Gasteiger charge is 2.24. The normalized spacial score (nSPS) is 13.1. The fraction of sp³-hybridized carbons (Fsp3) is 0. The summed E-state index contributed by atoms with van der Waals surface area (Å²) in [5.74, 6) is 1.10. The summed E-state index contributed by atoms with van der Waals surface area (Å²) in [7, 11) is 0. The molecule has 6 heteroatoms. The number of fused-ring (bicyclic) bond motifs is 9. The summed E-state index contributed by atoms with van der Waals surface area (Å²) in [6.07, 6.45) is 0. The minimum Gasteiger partial charge on any atom is -0.455 e. The maximum atomic E-state index is 9.37. The first-order valence-corrected chi connectivity index (χ1v) is 20.7. The molecule has 9 aromatic carbocycles. The lowest BCUT2D eigenvalue weighted by Gasteiger charge is -2.17. The second-order valence-electron chi connectivity index (χ2n) is 15.5. The molecular weight excluding hydrogens is 771 g/mol. The highest BCUT2D eigenvalue weighted by molar-refractivity contribution is 6.14. The van der Waals surface area contributed by atoms with Crippen molar-refractivity contribution >= 4 is 65.6 Å². The molecule has 0 saturated carbocycles. The van der Waals surface area contributed by atoms with E-state index in [4.69, 9.17) is 24.9 Å². The minimum absolute atomic E-state index is 0.0728. The quantitative estimate of drug-likeness (QED) is 0.168. The SMILES string of the molecule is [2H]c1cc([2H])c2c(c1[2H])c1c([2H])c([2H])cc([2H])c1n2-c1ccc(-c2cccc3c2oc2ccccc23)cc1-c1nc(-c2ccccc2)nc(-c2cccc3c4ccccc4n(-c4ccccc4)c23)n1. The van der Waals surface area contributed by atoms with Crippen LogP contribution in [0.2, 0.25) is 0 Å². The van der Waals surface area contributed by atoms with Gasteiger partial charge >= 0.3 is 0 Å². The molecule has 0 spiro atoms. The molecule has 63 heavy (non-hydrogen) atoms. The first-order chi connectivity index (χ1) is 33.7. The van der Waals surface area contributed by atoms with Gasteiger partial charge in [0, 0.05) is 60.3 Å². The van der Waals surface area contributed by atoms with Gasteiger partial charge in [-0.1, -0.05) is 158 Å². The van der Waals surface area contributed by atoms with Gasteiger partial charge in [-0.05, 0) is 60.1 Å². The van der Waals surface area contributed by atoms with Crippen LogP contribution in [0.4, 0.5) is 0 Å². The molecule has 0 aliphatic carbocycles. The molecule has 4 heterocycles. The maximum Gasteiger partial charge on any atom is 0.166 e. The molecule has 0 aliphatic rings. The average molecular weight is 812 g/mol. The van der Waals surface area contributed by atoms with Crippen molar-refractivity contribution in [1.82, 2.24) is 24.1 Å². The van der Waals surface area contributed by atoms with E-state index in [0.29, 0.717) is 28.5 Å². The van der Waals surface area contributed by atoms with Crippen molar-refractivity contribution in [2.24, 2.45) is 0 Å². The predicted octanol–water partition coefficient (Wildman–Crippen LogP) is 14.6. The zero-order valence-electron chi connectivity index (χ0n) is 39.4. The Morgan fingerprint density at radius 3 is 1.79 bits per heavy atom. The van der Waals surface area contributed by atoms with Gasteiger partial charge in [0.25, 0.3) is 0 Å². The van der Waals surface area contributed by atoms with Crippen LogP contribution in [0, 0.1) is 0 Å². The third-order valence-electron chi connectivity index (χ3n) is 11.9. The molecule has 0 amide bonds. The van der Waals surface area contributed by atoms with Gasteiger partial charge in [0.1, 0.15) is 11.2 Å². The van der Waals surface area contributed by atoms with Gasteiger partial charge in [0.15, 0.2) is 17.5 Å². The van der Waals surface area contributed by atoms with Gasteiger partial charge in [-0.3, -0.25) is 0 Å². The Morgan fingerprint density at radius 1 is 0.397 bits per heavy atom. The van der Waals surface area contributed by atoms with Crippen LogP contribution >= 0.6 is 0 Å². The van der Waals surface area contributed by atoms with E-state index in [9.17, 15) is 2.74 Å². The second-order valence-corrected chi connectivity index (χ2v) is 15.5. The predicted molar refractivity (Wildman–Crippen MR) is 258 cm³/mol. The molecule has 294 valence electrons. The Labute approximate surface area is 370 Å².